The molecule has 0 aromatic rings. The number of amidine groups is 1. The number of hydrogen-bond donors (Lipinski definition) is 4. The lowest BCUT2D eigenvalue weighted by molar-refractivity contribution is 0.302. The quantitative estimate of drug-likeness (QED) is 0.551. The van der Waals surface area contributed by atoms with Crippen LogP contribution in [0.5, 0.6) is 0 Å². The highest BCUT2D eigenvalue weighted by atomic mass is 31.2. The fourth-order valence-electron chi connectivity index (χ4n) is 2.60. The predicted octanol–water partition coefficient (Wildman–Crippen LogP) is 0.674. The Morgan fingerprint density at radius 3 is 2.16 bits per heavy atom. The van der Waals surface area contributed by atoms with Gasteiger partial charge in [0.25, 0.3) is 5.02 Å². The monoisotopic (exact) mass is 312 g/mol. The maximum atomic E-state index is 11.7. The van der Waals surface area contributed by atoms with E-state index in [0.29, 0.717) is 25.2 Å². The number of aliphatic imine (C=N–C) groups is 1. The van der Waals surface area contributed by atoms with E-state index in [1.54, 1.807) is 0 Å². The van der Waals surface area contributed by atoms with Gasteiger partial charge in [0.05, 0.1) is 0 Å². The molecule has 0 aliphatic carbocycles. The van der Waals surface area contributed by atoms with Gasteiger partial charge in [0, 0.05) is 19.5 Å². The second-order valence-electron chi connectivity index (χ2n) is 4.94. The van der Waals surface area contributed by atoms with Gasteiger partial charge >= 0.3 is 15.2 Å². The summed E-state index contributed by atoms with van der Waals surface area (Å²) >= 11 is 0. The summed E-state index contributed by atoms with van der Waals surface area (Å²) in [6, 6.07) is 0. The first kappa shape index (κ1) is 15.2. The molecular formula is C9H18N2O6P2. The van der Waals surface area contributed by atoms with Crippen molar-refractivity contribution in [2.45, 2.75) is 37.1 Å². The molecule has 2 aliphatic rings. The second kappa shape index (κ2) is 4.95. The van der Waals surface area contributed by atoms with Crippen molar-refractivity contribution in [3.05, 3.63) is 0 Å². The van der Waals surface area contributed by atoms with Gasteiger partial charge in [-0.05, 0) is 25.7 Å². The molecule has 0 atom stereocenters. The molecule has 0 bridgehead atoms. The highest BCUT2D eigenvalue weighted by Crippen LogP contribution is 2.72. The van der Waals surface area contributed by atoms with Crippen molar-refractivity contribution in [2.75, 3.05) is 13.1 Å². The standard InChI is InChI=1S/C9H18N2O6P2/c12-18(13,14)9(19(15,16)17)5-3-7-11-6-2-1-4-8(11)10-9/h1-7H2,(H2,12,13,14)(H2,15,16,17). The average molecular weight is 312 g/mol. The molecule has 0 unspecified atom stereocenters. The van der Waals surface area contributed by atoms with E-state index in [1.807, 2.05) is 4.90 Å². The van der Waals surface area contributed by atoms with Gasteiger partial charge in [0.15, 0.2) is 0 Å². The van der Waals surface area contributed by atoms with E-state index in [4.69, 9.17) is 0 Å². The molecule has 19 heavy (non-hydrogen) atoms. The number of fused-ring (bicyclic) bond motifs is 1. The Hall–Kier alpha value is -0.230. The third-order valence-corrected chi connectivity index (χ3v) is 7.70. The zero-order valence-corrected chi connectivity index (χ0v) is 12.1. The maximum absolute atomic E-state index is 11.7. The molecule has 0 aromatic heterocycles. The van der Waals surface area contributed by atoms with Gasteiger partial charge in [0.1, 0.15) is 5.84 Å². The van der Waals surface area contributed by atoms with Crippen LogP contribution in [-0.4, -0.2) is 48.4 Å². The van der Waals surface area contributed by atoms with Crippen LogP contribution < -0.4 is 0 Å². The van der Waals surface area contributed by atoms with E-state index in [-0.39, 0.29) is 6.42 Å². The van der Waals surface area contributed by atoms with Crippen LogP contribution in [-0.2, 0) is 9.13 Å². The van der Waals surface area contributed by atoms with Crippen molar-refractivity contribution in [2.24, 2.45) is 4.99 Å². The number of nitrogens with zero attached hydrogens (tertiary/aromatic N) is 2. The topological polar surface area (TPSA) is 131 Å². The van der Waals surface area contributed by atoms with Gasteiger partial charge in [-0.2, -0.15) is 0 Å². The minimum absolute atomic E-state index is 0.295. The zero-order chi connectivity index (χ0) is 14.3. The highest BCUT2D eigenvalue weighted by Gasteiger charge is 2.61. The van der Waals surface area contributed by atoms with Gasteiger partial charge in [-0.15, -0.1) is 0 Å². The van der Waals surface area contributed by atoms with Crippen LogP contribution in [0.15, 0.2) is 4.99 Å². The Morgan fingerprint density at radius 2 is 1.58 bits per heavy atom. The number of hydrogen-bond acceptors (Lipinski definition) is 4. The van der Waals surface area contributed by atoms with Gasteiger partial charge in [-0.3, -0.25) is 9.13 Å². The van der Waals surface area contributed by atoms with Crippen LogP contribution in [0.3, 0.4) is 0 Å². The van der Waals surface area contributed by atoms with Gasteiger partial charge < -0.3 is 24.5 Å². The number of rotatable bonds is 2. The number of piperidine rings is 1. The van der Waals surface area contributed by atoms with Crippen molar-refractivity contribution in [1.29, 1.82) is 0 Å². The molecule has 4 N–H and O–H groups in total. The van der Waals surface area contributed by atoms with Crippen LogP contribution in [0, 0.1) is 0 Å². The molecular weight excluding hydrogens is 294 g/mol. The molecule has 8 nitrogen and oxygen atoms in total. The lowest BCUT2D eigenvalue weighted by Gasteiger charge is -2.32. The molecule has 110 valence electrons. The van der Waals surface area contributed by atoms with Crippen LogP contribution in [0.4, 0.5) is 0 Å². The Labute approximate surface area is 110 Å². The van der Waals surface area contributed by atoms with Crippen molar-refractivity contribution in [3.63, 3.8) is 0 Å². The molecule has 2 rings (SSSR count). The van der Waals surface area contributed by atoms with Gasteiger partial charge in [-0.25, -0.2) is 4.99 Å². The summed E-state index contributed by atoms with van der Waals surface area (Å²) in [6.07, 6.45) is 2.26. The maximum Gasteiger partial charge on any atom is 0.365 e. The van der Waals surface area contributed by atoms with Crippen molar-refractivity contribution < 1.29 is 28.7 Å². The third-order valence-electron chi connectivity index (χ3n) is 3.62. The summed E-state index contributed by atoms with van der Waals surface area (Å²) in [6.45, 7) is 1.25. The van der Waals surface area contributed by atoms with Crippen LogP contribution >= 0.6 is 15.2 Å². The van der Waals surface area contributed by atoms with Crippen molar-refractivity contribution in [3.8, 4) is 0 Å². The third kappa shape index (κ3) is 2.66. The fraction of sp³-hybridized carbons (Fsp3) is 0.889. The van der Waals surface area contributed by atoms with E-state index >= 15 is 0 Å². The molecule has 1 fully saturated rings. The molecule has 1 saturated heterocycles. The van der Waals surface area contributed by atoms with Crippen LogP contribution in [0.25, 0.3) is 0 Å². The fourth-order valence-corrected chi connectivity index (χ4v) is 5.35. The predicted molar refractivity (Wildman–Crippen MR) is 68.9 cm³/mol. The Kier molecular flexibility index (Phi) is 3.95. The summed E-state index contributed by atoms with van der Waals surface area (Å²) in [7, 11) is -10.1. The van der Waals surface area contributed by atoms with Crippen LogP contribution in [0.1, 0.15) is 32.1 Å². The second-order valence-corrected chi connectivity index (χ2v) is 8.95. The molecule has 0 saturated carbocycles. The van der Waals surface area contributed by atoms with E-state index in [2.05, 4.69) is 4.99 Å². The Balaban J connectivity index is 2.55. The molecule has 0 aromatic carbocycles. The van der Waals surface area contributed by atoms with E-state index < -0.39 is 20.2 Å². The minimum atomic E-state index is -5.06. The van der Waals surface area contributed by atoms with E-state index in [0.717, 1.165) is 19.4 Å². The van der Waals surface area contributed by atoms with E-state index in [1.165, 1.54) is 0 Å². The molecule has 0 amide bonds. The van der Waals surface area contributed by atoms with Gasteiger partial charge in [0.2, 0.25) is 0 Å². The van der Waals surface area contributed by atoms with Crippen LogP contribution in [0.2, 0.25) is 0 Å². The summed E-state index contributed by atoms with van der Waals surface area (Å²) < 4.78 is 23.3. The SMILES string of the molecule is O=P(O)(O)C1(P(=O)(O)O)CCCN2CCCCC2=N1. The lowest BCUT2D eigenvalue weighted by atomic mass is 10.1. The summed E-state index contributed by atoms with van der Waals surface area (Å²) in [5, 5.41) is -2.60. The van der Waals surface area contributed by atoms with E-state index in [9.17, 15) is 28.7 Å². The first-order valence-corrected chi connectivity index (χ1v) is 9.35. The molecule has 2 heterocycles. The van der Waals surface area contributed by atoms with Gasteiger partial charge in [-0.1, -0.05) is 0 Å². The first-order chi connectivity index (χ1) is 8.67. The smallest absolute Gasteiger partial charge is 0.360 e. The summed E-state index contributed by atoms with van der Waals surface area (Å²) in [4.78, 5) is 43.5. The minimum Gasteiger partial charge on any atom is -0.360 e. The largest absolute Gasteiger partial charge is 0.365 e. The average Bonchev–Trinajstić information content (AvgIpc) is 2.46. The molecule has 0 spiro atoms. The van der Waals surface area contributed by atoms with Crippen molar-refractivity contribution >= 4 is 21.0 Å². The molecule has 0 radical (unpaired) electrons. The highest BCUT2D eigenvalue weighted by molar-refractivity contribution is 7.72. The first-order valence-electron chi connectivity index (χ1n) is 6.12. The molecule has 2 aliphatic heterocycles. The Bertz CT molecular complexity index is 459. The Morgan fingerprint density at radius 1 is 1.00 bits per heavy atom. The summed E-state index contributed by atoms with van der Waals surface area (Å²) in [5.74, 6) is 0.412. The normalized spacial score (nSPS) is 24.4. The summed E-state index contributed by atoms with van der Waals surface area (Å²) in [5.41, 5.74) is 0. The lowest BCUT2D eigenvalue weighted by Crippen LogP contribution is -2.36. The molecule has 10 heteroatoms. The van der Waals surface area contributed by atoms with Crippen molar-refractivity contribution in [1.82, 2.24) is 4.90 Å². The zero-order valence-electron chi connectivity index (χ0n) is 10.3.